The molecule has 0 bridgehead atoms. The smallest absolute Gasteiger partial charge is 0.0454 e. The van der Waals surface area contributed by atoms with E-state index in [-0.39, 0.29) is 6.04 Å². The molecule has 1 fully saturated rings. The van der Waals surface area contributed by atoms with Gasteiger partial charge in [0.2, 0.25) is 0 Å². The van der Waals surface area contributed by atoms with E-state index in [4.69, 9.17) is 23.2 Å². The van der Waals surface area contributed by atoms with Gasteiger partial charge in [-0.1, -0.05) is 23.2 Å². The molecule has 1 aliphatic heterocycles. The van der Waals surface area contributed by atoms with Crippen molar-refractivity contribution in [3.63, 3.8) is 0 Å². The number of thioether (sulfide) groups is 1. The molecule has 1 heterocycles. The van der Waals surface area contributed by atoms with E-state index in [1.807, 2.05) is 18.2 Å². The van der Waals surface area contributed by atoms with Crippen LogP contribution in [0.3, 0.4) is 0 Å². The predicted octanol–water partition coefficient (Wildman–Crippen LogP) is 4.93. The van der Waals surface area contributed by atoms with Gasteiger partial charge in [0.15, 0.2) is 0 Å². The second-order valence-electron chi connectivity index (χ2n) is 5.17. The van der Waals surface area contributed by atoms with Gasteiger partial charge in [-0.15, -0.1) is 0 Å². The summed E-state index contributed by atoms with van der Waals surface area (Å²) in [6.07, 6.45) is 2.62. The third-order valence-corrected chi connectivity index (χ3v) is 5.62. The van der Waals surface area contributed by atoms with E-state index in [1.165, 1.54) is 18.6 Å². The molecule has 0 aliphatic carbocycles. The molecule has 0 aromatic heterocycles. The van der Waals surface area contributed by atoms with Gasteiger partial charge >= 0.3 is 0 Å². The van der Waals surface area contributed by atoms with Crippen molar-refractivity contribution in [2.75, 3.05) is 12.3 Å². The summed E-state index contributed by atoms with van der Waals surface area (Å²) in [5.74, 6) is 1.28. The number of benzene rings is 1. The molecule has 2 atom stereocenters. The van der Waals surface area contributed by atoms with Gasteiger partial charge in [0.05, 0.1) is 0 Å². The first-order valence-electron chi connectivity index (χ1n) is 6.32. The maximum absolute atomic E-state index is 6.22. The van der Waals surface area contributed by atoms with Crippen LogP contribution in [0.25, 0.3) is 0 Å². The Kier molecular flexibility index (Phi) is 4.87. The Bertz CT molecular complexity index is 416. The first kappa shape index (κ1) is 14.5. The molecule has 1 aromatic rings. The standard InChI is InChI=1S/C14H19Cl2NS/c1-10(12-8-11(15)4-5-13(12)16)17-9-14(2)6-3-7-18-14/h4-5,8,10,17H,3,6-7,9H2,1-2H3. The molecule has 1 aromatic carbocycles. The van der Waals surface area contributed by atoms with Crippen molar-refractivity contribution in [1.29, 1.82) is 0 Å². The summed E-state index contributed by atoms with van der Waals surface area (Å²) in [5, 5.41) is 5.11. The first-order chi connectivity index (χ1) is 8.50. The predicted molar refractivity (Wildman–Crippen MR) is 83.0 cm³/mol. The topological polar surface area (TPSA) is 12.0 Å². The Balaban J connectivity index is 1.99. The Morgan fingerprint density at radius 2 is 2.22 bits per heavy atom. The van der Waals surface area contributed by atoms with Crippen molar-refractivity contribution in [1.82, 2.24) is 5.32 Å². The van der Waals surface area contributed by atoms with Gasteiger partial charge in [0.25, 0.3) is 0 Å². The molecular formula is C14H19Cl2NS. The van der Waals surface area contributed by atoms with Crippen LogP contribution < -0.4 is 5.32 Å². The van der Waals surface area contributed by atoms with Crippen molar-refractivity contribution in [3.05, 3.63) is 33.8 Å². The van der Waals surface area contributed by atoms with Crippen molar-refractivity contribution in [2.45, 2.75) is 37.5 Å². The lowest BCUT2D eigenvalue weighted by atomic mass is 10.0. The summed E-state index contributed by atoms with van der Waals surface area (Å²) in [6, 6.07) is 5.87. The average molecular weight is 304 g/mol. The summed E-state index contributed by atoms with van der Waals surface area (Å²) in [6.45, 7) is 5.49. The molecule has 0 radical (unpaired) electrons. The van der Waals surface area contributed by atoms with Crippen molar-refractivity contribution < 1.29 is 0 Å². The fourth-order valence-corrected chi connectivity index (χ4v) is 4.02. The van der Waals surface area contributed by atoms with Crippen LogP contribution in [0.4, 0.5) is 0 Å². The van der Waals surface area contributed by atoms with Gasteiger partial charge < -0.3 is 5.32 Å². The minimum Gasteiger partial charge on any atom is -0.309 e. The van der Waals surface area contributed by atoms with Crippen LogP contribution in [0.5, 0.6) is 0 Å². The highest BCUT2D eigenvalue weighted by atomic mass is 35.5. The molecule has 1 aliphatic rings. The molecule has 1 N–H and O–H groups in total. The molecule has 4 heteroatoms. The SMILES string of the molecule is CC(NCC1(C)CCCS1)c1cc(Cl)ccc1Cl. The Morgan fingerprint density at radius 1 is 1.44 bits per heavy atom. The quantitative estimate of drug-likeness (QED) is 0.846. The Hall–Kier alpha value is 0.110. The summed E-state index contributed by atoms with van der Waals surface area (Å²) in [4.78, 5) is 0. The summed E-state index contributed by atoms with van der Waals surface area (Å²) < 4.78 is 0.374. The van der Waals surface area contributed by atoms with Crippen LogP contribution in [-0.4, -0.2) is 17.0 Å². The van der Waals surface area contributed by atoms with Crippen molar-refractivity contribution in [3.8, 4) is 0 Å². The van der Waals surface area contributed by atoms with Crippen LogP contribution in [0.15, 0.2) is 18.2 Å². The summed E-state index contributed by atoms with van der Waals surface area (Å²) in [7, 11) is 0. The fraction of sp³-hybridized carbons (Fsp3) is 0.571. The molecule has 100 valence electrons. The first-order valence-corrected chi connectivity index (χ1v) is 8.07. The molecule has 18 heavy (non-hydrogen) atoms. The third-order valence-electron chi connectivity index (χ3n) is 3.51. The van der Waals surface area contributed by atoms with E-state index >= 15 is 0 Å². The number of halogens is 2. The lowest BCUT2D eigenvalue weighted by Crippen LogP contribution is -2.34. The zero-order valence-electron chi connectivity index (χ0n) is 10.8. The molecule has 0 amide bonds. The van der Waals surface area contributed by atoms with E-state index in [9.17, 15) is 0 Å². The second-order valence-corrected chi connectivity index (χ2v) is 7.70. The van der Waals surface area contributed by atoms with Crippen LogP contribution in [0.2, 0.25) is 10.0 Å². The van der Waals surface area contributed by atoms with Gasteiger partial charge in [0, 0.05) is 27.4 Å². The van der Waals surface area contributed by atoms with E-state index < -0.39 is 0 Å². The van der Waals surface area contributed by atoms with Crippen molar-refractivity contribution in [2.24, 2.45) is 0 Å². The highest BCUT2D eigenvalue weighted by Crippen LogP contribution is 2.37. The molecule has 0 saturated carbocycles. The van der Waals surface area contributed by atoms with Gasteiger partial charge in [-0.3, -0.25) is 0 Å². The largest absolute Gasteiger partial charge is 0.309 e. The fourth-order valence-electron chi connectivity index (χ4n) is 2.30. The van der Waals surface area contributed by atoms with Gasteiger partial charge in [-0.25, -0.2) is 0 Å². The lowest BCUT2D eigenvalue weighted by Gasteiger charge is -2.26. The second kappa shape index (κ2) is 6.04. The maximum atomic E-state index is 6.22. The number of hydrogen-bond donors (Lipinski definition) is 1. The molecule has 2 rings (SSSR count). The maximum Gasteiger partial charge on any atom is 0.0454 e. The van der Waals surface area contributed by atoms with Crippen LogP contribution >= 0.6 is 35.0 Å². The van der Waals surface area contributed by atoms with E-state index in [0.29, 0.717) is 4.75 Å². The van der Waals surface area contributed by atoms with Gasteiger partial charge in [-0.2, -0.15) is 11.8 Å². The Labute approximate surface area is 124 Å². The van der Waals surface area contributed by atoms with Crippen molar-refractivity contribution >= 4 is 35.0 Å². The monoisotopic (exact) mass is 303 g/mol. The van der Waals surface area contributed by atoms with E-state index in [1.54, 1.807) is 0 Å². The molecular weight excluding hydrogens is 285 g/mol. The molecule has 1 saturated heterocycles. The third kappa shape index (κ3) is 3.57. The highest BCUT2D eigenvalue weighted by molar-refractivity contribution is 8.00. The van der Waals surface area contributed by atoms with E-state index in [0.717, 1.165) is 22.2 Å². The zero-order valence-corrected chi connectivity index (χ0v) is 13.1. The van der Waals surface area contributed by atoms with Crippen LogP contribution in [-0.2, 0) is 0 Å². The highest BCUT2D eigenvalue weighted by Gasteiger charge is 2.29. The number of nitrogens with one attached hydrogen (secondary N) is 1. The van der Waals surface area contributed by atoms with Crippen LogP contribution in [0.1, 0.15) is 38.3 Å². The number of rotatable bonds is 4. The summed E-state index contributed by atoms with van der Waals surface area (Å²) in [5.41, 5.74) is 1.08. The summed E-state index contributed by atoms with van der Waals surface area (Å²) >= 11 is 14.3. The minimum atomic E-state index is 0.231. The number of hydrogen-bond acceptors (Lipinski definition) is 2. The van der Waals surface area contributed by atoms with Crippen LogP contribution in [0, 0.1) is 0 Å². The Morgan fingerprint density at radius 3 is 2.89 bits per heavy atom. The lowest BCUT2D eigenvalue weighted by molar-refractivity contribution is 0.490. The molecule has 0 spiro atoms. The van der Waals surface area contributed by atoms with Gasteiger partial charge in [-0.05, 0) is 56.2 Å². The molecule has 2 unspecified atom stereocenters. The van der Waals surface area contributed by atoms with Gasteiger partial charge in [0.1, 0.15) is 0 Å². The average Bonchev–Trinajstić information content (AvgIpc) is 2.77. The zero-order chi connectivity index (χ0) is 13.2. The van der Waals surface area contributed by atoms with E-state index in [2.05, 4.69) is 30.9 Å². The normalized spacial score (nSPS) is 25.3. The minimum absolute atomic E-state index is 0.231. The molecule has 1 nitrogen and oxygen atoms in total.